The van der Waals surface area contributed by atoms with Crippen molar-refractivity contribution < 1.29 is 9.18 Å². The number of halogens is 3. The predicted octanol–water partition coefficient (Wildman–Crippen LogP) is 2.68. The summed E-state index contributed by atoms with van der Waals surface area (Å²) in [5.74, 6) is -2.05. The molecule has 2 rings (SSSR count). The quantitative estimate of drug-likeness (QED) is 0.943. The maximum Gasteiger partial charge on any atom is 0.227 e. The van der Waals surface area contributed by atoms with Crippen LogP contribution in [0.4, 0.5) is 4.39 Å². The Kier molecular flexibility index (Phi) is 4.30. The second kappa shape index (κ2) is 5.81. The molecule has 0 aliphatic heterocycles. The van der Waals surface area contributed by atoms with Crippen molar-refractivity contribution in [2.45, 2.75) is 12.3 Å². The average molecular weight is 316 g/mol. The Hall–Kier alpha value is -1.59. The summed E-state index contributed by atoms with van der Waals surface area (Å²) in [6, 6.07) is 4.91. The number of benzene rings is 1. The zero-order valence-electron chi connectivity index (χ0n) is 10.6. The Morgan fingerprint density at radius 2 is 2.20 bits per heavy atom. The minimum atomic E-state index is -0.846. The molecule has 0 aliphatic carbocycles. The van der Waals surface area contributed by atoms with Gasteiger partial charge in [0.05, 0.1) is 17.8 Å². The van der Waals surface area contributed by atoms with Crippen LogP contribution in [0.2, 0.25) is 10.0 Å². The first-order chi connectivity index (χ1) is 9.40. The van der Waals surface area contributed by atoms with E-state index < -0.39 is 17.6 Å². The summed E-state index contributed by atoms with van der Waals surface area (Å²) in [7, 11) is 1.55. The minimum absolute atomic E-state index is 0.142. The number of aryl methyl sites for hydroxylation is 1. The van der Waals surface area contributed by atoms with Gasteiger partial charge in [-0.3, -0.25) is 9.48 Å². The van der Waals surface area contributed by atoms with Gasteiger partial charge in [-0.05, 0) is 24.1 Å². The second-order valence-electron chi connectivity index (χ2n) is 4.40. The van der Waals surface area contributed by atoms with Crippen LogP contribution in [0.3, 0.4) is 0 Å². The largest absolute Gasteiger partial charge is 0.369 e. The van der Waals surface area contributed by atoms with E-state index >= 15 is 0 Å². The molecule has 106 valence electrons. The minimum Gasteiger partial charge on any atom is -0.369 e. The summed E-state index contributed by atoms with van der Waals surface area (Å²) >= 11 is 11.9. The van der Waals surface area contributed by atoms with E-state index in [1.165, 1.54) is 4.68 Å². The van der Waals surface area contributed by atoms with Gasteiger partial charge < -0.3 is 5.73 Å². The summed E-state index contributed by atoms with van der Waals surface area (Å²) < 4.78 is 15.0. The van der Waals surface area contributed by atoms with Gasteiger partial charge in [0.15, 0.2) is 5.82 Å². The number of amides is 1. The number of nitrogens with two attached hydrogens (primary N) is 1. The lowest BCUT2D eigenvalue weighted by atomic mass is 9.95. The van der Waals surface area contributed by atoms with Gasteiger partial charge in [-0.1, -0.05) is 29.3 Å². The van der Waals surface area contributed by atoms with Crippen LogP contribution in [0, 0.1) is 5.82 Å². The Morgan fingerprint density at radius 3 is 2.70 bits per heavy atom. The number of hydrogen-bond acceptors (Lipinski definition) is 2. The predicted molar refractivity (Wildman–Crippen MR) is 75.3 cm³/mol. The van der Waals surface area contributed by atoms with Crippen LogP contribution < -0.4 is 5.73 Å². The van der Waals surface area contributed by atoms with E-state index in [0.717, 1.165) is 6.20 Å². The highest BCUT2D eigenvalue weighted by atomic mass is 35.5. The monoisotopic (exact) mass is 315 g/mol. The van der Waals surface area contributed by atoms with Crippen molar-refractivity contribution in [2.75, 3.05) is 0 Å². The number of carbonyl (C=O) groups is 1. The fourth-order valence-corrected chi connectivity index (χ4v) is 2.54. The Balaban J connectivity index is 2.38. The molecule has 0 spiro atoms. The van der Waals surface area contributed by atoms with Crippen LogP contribution in [0.25, 0.3) is 0 Å². The van der Waals surface area contributed by atoms with Gasteiger partial charge in [-0.25, -0.2) is 4.39 Å². The van der Waals surface area contributed by atoms with Crippen molar-refractivity contribution in [3.8, 4) is 0 Å². The van der Waals surface area contributed by atoms with E-state index in [9.17, 15) is 9.18 Å². The molecule has 4 nitrogen and oxygen atoms in total. The first-order valence-electron chi connectivity index (χ1n) is 5.80. The molecule has 0 fully saturated rings. The molecule has 0 saturated carbocycles. The van der Waals surface area contributed by atoms with E-state index in [1.807, 2.05) is 0 Å². The molecular weight excluding hydrogens is 304 g/mol. The van der Waals surface area contributed by atoms with Crippen LogP contribution >= 0.6 is 23.2 Å². The van der Waals surface area contributed by atoms with Crippen molar-refractivity contribution in [3.05, 3.63) is 51.5 Å². The lowest BCUT2D eigenvalue weighted by Gasteiger charge is -2.15. The van der Waals surface area contributed by atoms with E-state index in [0.29, 0.717) is 15.6 Å². The van der Waals surface area contributed by atoms with Crippen molar-refractivity contribution >= 4 is 29.1 Å². The zero-order chi connectivity index (χ0) is 14.9. The summed E-state index contributed by atoms with van der Waals surface area (Å²) in [5, 5.41) is 4.67. The second-order valence-corrected chi connectivity index (χ2v) is 5.24. The topological polar surface area (TPSA) is 60.9 Å². The maximum atomic E-state index is 13.7. The highest BCUT2D eigenvalue weighted by Crippen LogP contribution is 2.28. The third-order valence-electron chi connectivity index (χ3n) is 3.05. The SMILES string of the molecule is Cn1ncc(F)c1C(Cc1ccc(Cl)cc1Cl)C(N)=O. The van der Waals surface area contributed by atoms with E-state index in [4.69, 9.17) is 28.9 Å². The fourth-order valence-electron chi connectivity index (χ4n) is 2.05. The van der Waals surface area contributed by atoms with Crippen LogP contribution in [0.1, 0.15) is 17.2 Å². The number of primary amides is 1. The van der Waals surface area contributed by atoms with Gasteiger partial charge >= 0.3 is 0 Å². The molecule has 20 heavy (non-hydrogen) atoms. The molecule has 1 atom stereocenters. The van der Waals surface area contributed by atoms with Gasteiger partial charge in [0.1, 0.15) is 0 Å². The number of hydrogen-bond donors (Lipinski definition) is 1. The van der Waals surface area contributed by atoms with E-state index in [-0.39, 0.29) is 12.1 Å². The van der Waals surface area contributed by atoms with Crippen molar-refractivity contribution in [2.24, 2.45) is 12.8 Å². The Morgan fingerprint density at radius 1 is 1.50 bits per heavy atom. The molecule has 0 radical (unpaired) electrons. The summed E-state index contributed by atoms with van der Waals surface area (Å²) in [6.45, 7) is 0. The number of nitrogens with zero attached hydrogens (tertiary/aromatic N) is 2. The summed E-state index contributed by atoms with van der Waals surface area (Å²) in [4.78, 5) is 11.6. The molecule has 0 aliphatic rings. The van der Waals surface area contributed by atoms with Crippen molar-refractivity contribution in [1.29, 1.82) is 0 Å². The molecular formula is C13H12Cl2FN3O. The van der Waals surface area contributed by atoms with Crippen molar-refractivity contribution in [1.82, 2.24) is 9.78 Å². The number of carbonyl (C=O) groups excluding carboxylic acids is 1. The third-order valence-corrected chi connectivity index (χ3v) is 3.64. The average Bonchev–Trinajstić information content (AvgIpc) is 2.68. The molecule has 2 aromatic rings. The summed E-state index contributed by atoms with van der Waals surface area (Å²) in [6.07, 6.45) is 1.23. The molecule has 1 unspecified atom stereocenters. The first kappa shape index (κ1) is 14.8. The van der Waals surface area contributed by atoms with Crippen molar-refractivity contribution in [3.63, 3.8) is 0 Å². The van der Waals surface area contributed by atoms with Crippen LogP contribution in [0.5, 0.6) is 0 Å². The Bertz CT molecular complexity index is 638. The molecule has 1 heterocycles. The van der Waals surface area contributed by atoms with E-state index in [2.05, 4.69) is 5.10 Å². The lowest BCUT2D eigenvalue weighted by Crippen LogP contribution is -2.26. The van der Waals surface area contributed by atoms with Gasteiger partial charge in [0.2, 0.25) is 5.91 Å². The normalized spacial score (nSPS) is 12.4. The molecule has 7 heteroatoms. The molecule has 1 amide bonds. The van der Waals surface area contributed by atoms with Crippen LogP contribution in [-0.4, -0.2) is 15.7 Å². The highest BCUT2D eigenvalue weighted by molar-refractivity contribution is 6.35. The van der Waals surface area contributed by atoms with Crippen LogP contribution in [-0.2, 0) is 18.3 Å². The molecule has 1 aromatic heterocycles. The third kappa shape index (κ3) is 2.94. The van der Waals surface area contributed by atoms with Gasteiger partial charge in [0.25, 0.3) is 0 Å². The highest BCUT2D eigenvalue weighted by Gasteiger charge is 2.26. The van der Waals surface area contributed by atoms with Gasteiger partial charge in [0, 0.05) is 17.1 Å². The fraction of sp³-hybridized carbons (Fsp3) is 0.231. The van der Waals surface area contributed by atoms with Crippen LogP contribution in [0.15, 0.2) is 24.4 Å². The summed E-state index contributed by atoms with van der Waals surface area (Å²) in [5.41, 5.74) is 6.19. The Labute approximate surface area is 125 Å². The first-order valence-corrected chi connectivity index (χ1v) is 6.56. The lowest BCUT2D eigenvalue weighted by molar-refractivity contribution is -0.119. The smallest absolute Gasteiger partial charge is 0.227 e. The number of aromatic nitrogens is 2. The van der Waals surface area contributed by atoms with Gasteiger partial charge in [-0.2, -0.15) is 5.10 Å². The standard InChI is InChI=1S/C13H12Cl2FN3O/c1-19-12(11(16)6-18-19)9(13(17)20)4-7-2-3-8(14)5-10(7)15/h2-3,5-6,9H,4H2,1H3,(H2,17,20). The maximum absolute atomic E-state index is 13.7. The molecule has 0 saturated heterocycles. The number of rotatable bonds is 4. The van der Waals surface area contributed by atoms with Gasteiger partial charge in [-0.15, -0.1) is 0 Å². The van der Waals surface area contributed by atoms with E-state index in [1.54, 1.807) is 25.2 Å². The molecule has 2 N–H and O–H groups in total. The molecule has 1 aromatic carbocycles. The zero-order valence-corrected chi connectivity index (χ0v) is 12.1. The molecule has 0 bridgehead atoms.